The Hall–Kier alpha value is -1.41. The van der Waals surface area contributed by atoms with E-state index in [1.807, 2.05) is 0 Å². The van der Waals surface area contributed by atoms with Crippen LogP contribution >= 0.6 is 12.2 Å². The lowest BCUT2D eigenvalue weighted by Crippen LogP contribution is -2.36. The van der Waals surface area contributed by atoms with E-state index >= 15 is 0 Å². The van der Waals surface area contributed by atoms with Gasteiger partial charge < -0.3 is 15.7 Å². The molecule has 0 heterocycles. The first-order valence-electron chi connectivity index (χ1n) is 4.91. The highest BCUT2D eigenvalue weighted by Gasteiger charge is 2.18. The summed E-state index contributed by atoms with van der Waals surface area (Å²) in [5.41, 5.74) is -0.777. The topological polar surface area (TPSA) is 44.3 Å². The van der Waals surface area contributed by atoms with Crippen molar-refractivity contribution in [2.24, 2.45) is 0 Å². The summed E-state index contributed by atoms with van der Waals surface area (Å²) in [4.78, 5) is 0. The number of halogens is 4. The van der Waals surface area contributed by atoms with Gasteiger partial charge in [-0.05, 0) is 12.2 Å². The Kier molecular flexibility index (Phi) is 5.29. The van der Waals surface area contributed by atoms with Gasteiger partial charge in [-0.1, -0.05) is 0 Å². The number of hydrogen-bond acceptors (Lipinski definition) is 2. The van der Waals surface area contributed by atoms with E-state index in [0.29, 0.717) is 0 Å². The third-order valence-electron chi connectivity index (χ3n) is 2.03. The van der Waals surface area contributed by atoms with Gasteiger partial charge in [-0.15, -0.1) is 0 Å². The minimum absolute atomic E-state index is 0.00696. The number of aliphatic hydroxyl groups excluding tert-OH is 1. The molecule has 18 heavy (non-hydrogen) atoms. The first-order valence-corrected chi connectivity index (χ1v) is 5.32. The standard InChI is InChI=1S/C10H10F4N2OS/c11-6-3-7(12)9(14)5(8(6)13)4-16-10(18)15-1-2-17/h3,17H,1-2,4H2,(H2,15,16,18). The van der Waals surface area contributed by atoms with E-state index in [0.717, 1.165) is 0 Å². The van der Waals surface area contributed by atoms with E-state index in [2.05, 4.69) is 10.6 Å². The molecule has 100 valence electrons. The van der Waals surface area contributed by atoms with Gasteiger partial charge in [0, 0.05) is 24.7 Å². The van der Waals surface area contributed by atoms with Crippen LogP contribution in [0.25, 0.3) is 0 Å². The van der Waals surface area contributed by atoms with Crippen LogP contribution in [0, 0.1) is 23.3 Å². The summed E-state index contributed by atoms with van der Waals surface area (Å²) in [6.45, 7) is -0.545. The van der Waals surface area contributed by atoms with Gasteiger partial charge in [0.25, 0.3) is 0 Å². The molecule has 1 aromatic rings. The quantitative estimate of drug-likeness (QED) is 0.441. The Morgan fingerprint density at radius 2 is 1.67 bits per heavy atom. The number of hydrogen-bond donors (Lipinski definition) is 3. The zero-order valence-corrected chi connectivity index (χ0v) is 9.88. The van der Waals surface area contributed by atoms with Gasteiger partial charge in [-0.3, -0.25) is 0 Å². The lowest BCUT2D eigenvalue weighted by molar-refractivity contribution is 0.300. The van der Waals surface area contributed by atoms with E-state index < -0.39 is 35.4 Å². The Bertz CT molecular complexity index is 430. The molecular formula is C10H10F4N2OS. The Morgan fingerprint density at radius 3 is 2.17 bits per heavy atom. The fraction of sp³-hybridized carbons (Fsp3) is 0.300. The minimum atomic E-state index is -1.47. The molecule has 0 amide bonds. The molecule has 0 aromatic heterocycles. The third kappa shape index (κ3) is 3.54. The van der Waals surface area contributed by atoms with Crippen molar-refractivity contribution in [1.82, 2.24) is 10.6 Å². The maximum Gasteiger partial charge on any atom is 0.166 e. The maximum absolute atomic E-state index is 13.2. The van der Waals surface area contributed by atoms with Crippen LogP contribution in [0.5, 0.6) is 0 Å². The van der Waals surface area contributed by atoms with Gasteiger partial charge in [-0.2, -0.15) is 0 Å². The van der Waals surface area contributed by atoms with Gasteiger partial charge in [0.05, 0.1) is 6.61 Å². The second-order valence-electron chi connectivity index (χ2n) is 3.28. The van der Waals surface area contributed by atoms with Crippen molar-refractivity contribution < 1.29 is 22.7 Å². The Morgan fingerprint density at radius 1 is 1.11 bits per heavy atom. The monoisotopic (exact) mass is 282 g/mol. The van der Waals surface area contributed by atoms with Crippen molar-refractivity contribution in [3.63, 3.8) is 0 Å². The number of benzene rings is 1. The van der Waals surface area contributed by atoms with E-state index in [1.165, 1.54) is 0 Å². The highest BCUT2D eigenvalue weighted by molar-refractivity contribution is 7.80. The number of aliphatic hydroxyl groups is 1. The minimum Gasteiger partial charge on any atom is -0.395 e. The van der Waals surface area contributed by atoms with Crippen molar-refractivity contribution in [3.05, 3.63) is 34.9 Å². The molecule has 1 aromatic carbocycles. The third-order valence-corrected chi connectivity index (χ3v) is 2.31. The fourth-order valence-corrected chi connectivity index (χ4v) is 1.35. The highest BCUT2D eigenvalue weighted by atomic mass is 32.1. The fourth-order valence-electron chi connectivity index (χ4n) is 1.18. The predicted molar refractivity (Wildman–Crippen MR) is 60.8 cm³/mol. The Labute approximate surface area is 106 Å². The van der Waals surface area contributed by atoms with Gasteiger partial charge in [0.2, 0.25) is 0 Å². The van der Waals surface area contributed by atoms with Crippen molar-refractivity contribution in [1.29, 1.82) is 0 Å². The van der Waals surface area contributed by atoms with E-state index in [4.69, 9.17) is 17.3 Å². The van der Waals surface area contributed by atoms with Crippen LogP contribution in [-0.2, 0) is 6.54 Å². The lowest BCUT2D eigenvalue weighted by Gasteiger charge is -2.11. The molecule has 0 atom stereocenters. The maximum atomic E-state index is 13.2. The van der Waals surface area contributed by atoms with Crippen LogP contribution in [0.3, 0.4) is 0 Å². The molecule has 0 unspecified atom stereocenters. The van der Waals surface area contributed by atoms with Crippen LogP contribution in [0.4, 0.5) is 17.6 Å². The molecule has 0 saturated carbocycles. The summed E-state index contributed by atoms with van der Waals surface area (Å²) < 4.78 is 52.2. The molecule has 0 aliphatic heterocycles. The molecule has 3 N–H and O–H groups in total. The number of thiocarbonyl (C=S) groups is 1. The molecule has 3 nitrogen and oxygen atoms in total. The smallest absolute Gasteiger partial charge is 0.166 e. The van der Waals surface area contributed by atoms with Gasteiger partial charge in [-0.25, -0.2) is 17.6 Å². The average Bonchev–Trinajstić information content (AvgIpc) is 2.34. The van der Waals surface area contributed by atoms with Crippen LogP contribution in [0.15, 0.2) is 6.07 Å². The SMILES string of the molecule is OCCNC(=S)NCc1c(F)c(F)cc(F)c1F. The van der Waals surface area contributed by atoms with Gasteiger partial charge in [0.1, 0.15) is 0 Å². The first-order chi connectivity index (χ1) is 8.47. The zero-order valence-electron chi connectivity index (χ0n) is 9.07. The molecule has 0 bridgehead atoms. The average molecular weight is 282 g/mol. The highest BCUT2D eigenvalue weighted by Crippen LogP contribution is 2.18. The zero-order chi connectivity index (χ0) is 13.7. The predicted octanol–water partition coefficient (Wildman–Crippen LogP) is 1.20. The molecule has 1 rings (SSSR count). The summed E-state index contributed by atoms with van der Waals surface area (Å²) in [5, 5.41) is 13.4. The molecule has 8 heteroatoms. The second kappa shape index (κ2) is 6.50. The van der Waals surface area contributed by atoms with Crippen molar-refractivity contribution in [3.8, 4) is 0 Å². The first kappa shape index (κ1) is 14.7. The summed E-state index contributed by atoms with van der Waals surface area (Å²) in [7, 11) is 0. The summed E-state index contributed by atoms with van der Waals surface area (Å²) in [6.07, 6.45) is 0. The van der Waals surface area contributed by atoms with E-state index in [1.54, 1.807) is 0 Å². The molecule has 0 radical (unpaired) electrons. The van der Waals surface area contributed by atoms with Crippen LogP contribution in [0.1, 0.15) is 5.56 Å². The number of nitrogens with one attached hydrogen (secondary N) is 2. The molecule has 0 aliphatic carbocycles. The van der Waals surface area contributed by atoms with E-state index in [-0.39, 0.29) is 24.3 Å². The summed E-state index contributed by atoms with van der Waals surface area (Å²) >= 11 is 4.71. The van der Waals surface area contributed by atoms with Crippen LogP contribution < -0.4 is 10.6 Å². The van der Waals surface area contributed by atoms with E-state index in [9.17, 15) is 17.6 Å². The van der Waals surface area contributed by atoms with Gasteiger partial charge in [0.15, 0.2) is 28.4 Å². The molecule has 0 spiro atoms. The Balaban J connectivity index is 2.76. The van der Waals surface area contributed by atoms with Gasteiger partial charge >= 0.3 is 0 Å². The van der Waals surface area contributed by atoms with Crippen molar-refractivity contribution in [2.75, 3.05) is 13.2 Å². The second-order valence-corrected chi connectivity index (χ2v) is 3.69. The molecule has 0 fully saturated rings. The van der Waals surface area contributed by atoms with Crippen molar-refractivity contribution in [2.45, 2.75) is 6.54 Å². The van der Waals surface area contributed by atoms with Crippen LogP contribution in [-0.4, -0.2) is 23.4 Å². The summed E-state index contributed by atoms with van der Waals surface area (Å²) in [5.74, 6) is -5.88. The summed E-state index contributed by atoms with van der Waals surface area (Å²) in [6, 6.07) is 0.135. The van der Waals surface area contributed by atoms with Crippen LogP contribution in [0.2, 0.25) is 0 Å². The normalized spacial score (nSPS) is 10.3. The van der Waals surface area contributed by atoms with Crippen molar-refractivity contribution >= 4 is 17.3 Å². The lowest BCUT2D eigenvalue weighted by atomic mass is 10.2. The molecular weight excluding hydrogens is 272 g/mol. The molecule has 0 saturated heterocycles. The number of rotatable bonds is 4. The molecule has 0 aliphatic rings. The largest absolute Gasteiger partial charge is 0.395 e.